The molecule has 0 saturated heterocycles. The average molecular weight is 301 g/mol. The zero-order valence-corrected chi connectivity index (χ0v) is 13.5. The Labute approximate surface area is 131 Å². The molecule has 22 heavy (non-hydrogen) atoms. The van der Waals surface area contributed by atoms with E-state index in [1.54, 1.807) is 13.3 Å². The molecule has 0 aliphatic heterocycles. The van der Waals surface area contributed by atoms with Crippen LogP contribution in [0.25, 0.3) is 0 Å². The molecule has 0 spiro atoms. The molecule has 1 N–H and O–H groups in total. The van der Waals surface area contributed by atoms with Crippen LogP contribution in [0.3, 0.4) is 0 Å². The van der Waals surface area contributed by atoms with E-state index in [9.17, 15) is 4.79 Å². The van der Waals surface area contributed by atoms with Crippen LogP contribution in [0.4, 0.5) is 0 Å². The number of hydrogen-bond acceptors (Lipinski definition) is 3. The van der Waals surface area contributed by atoms with Crippen molar-refractivity contribution in [2.45, 2.75) is 26.3 Å². The van der Waals surface area contributed by atoms with Gasteiger partial charge in [-0.1, -0.05) is 26.0 Å². The number of hydrogen-bond donors (Lipinski definition) is 1. The molecule has 0 aliphatic rings. The van der Waals surface area contributed by atoms with Crippen LogP contribution in [0.15, 0.2) is 36.7 Å². The van der Waals surface area contributed by atoms with Crippen LogP contribution < -0.4 is 10.1 Å². The first kappa shape index (κ1) is 16.1. The quantitative estimate of drug-likeness (QED) is 0.892. The van der Waals surface area contributed by atoms with Crippen molar-refractivity contribution in [3.05, 3.63) is 48.0 Å². The van der Waals surface area contributed by atoms with Crippen LogP contribution in [-0.2, 0) is 11.8 Å². The SMILES string of the molecule is CCC(C)C(=O)NC(c1cccc(OC)c1)c1nccn1C. The third-order valence-corrected chi connectivity index (χ3v) is 3.89. The molecule has 1 heterocycles. The predicted molar refractivity (Wildman–Crippen MR) is 85.6 cm³/mol. The van der Waals surface area contributed by atoms with Crippen LogP contribution in [-0.4, -0.2) is 22.6 Å². The van der Waals surface area contributed by atoms with Crippen molar-refractivity contribution < 1.29 is 9.53 Å². The Morgan fingerprint density at radius 3 is 2.82 bits per heavy atom. The Hall–Kier alpha value is -2.30. The second-order valence-corrected chi connectivity index (χ2v) is 5.42. The maximum Gasteiger partial charge on any atom is 0.223 e. The third kappa shape index (κ3) is 3.47. The maximum absolute atomic E-state index is 12.3. The number of aryl methyl sites for hydroxylation is 1. The molecule has 0 fully saturated rings. The monoisotopic (exact) mass is 301 g/mol. The van der Waals surface area contributed by atoms with Gasteiger partial charge in [0.05, 0.1) is 7.11 Å². The summed E-state index contributed by atoms with van der Waals surface area (Å²) in [6, 6.07) is 7.40. The Kier molecular flexibility index (Phi) is 5.20. The van der Waals surface area contributed by atoms with Gasteiger partial charge in [0.2, 0.25) is 5.91 Å². The van der Waals surface area contributed by atoms with Gasteiger partial charge < -0.3 is 14.6 Å². The number of carbonyl (C=O) groups excluding carboxylic acids is 1. The van der Waals surface area contributed by atoms with Crippen LogP contribution in [0.1, 0.15) is 37.7 Å². The van der Waals surface area contributed by atoms with E-state index in [4.69, 9.17) is 4.74 Å². The maximum atomic E-state index is 12.3. The number of carbonyl (C=O) groups is 1. The van der Waals surface area contributed by atoms with Gasteiger partial charge in [-0.25, -0.2) is 4.98 Å². The van der Waals surface area contributed by atoms with Crippen LogP contribution in [0.5, 0.6) is 5.75 Å². The average Bonchev–Trinajstić information content (AvgIpc) is 2.97. The van der Waals surface area contributed by atoms with E-state index in [0.717, 1.165) is 23.6 Å². The van der Waals surface area contributed by atoms with Crippen molar-refractivity contribution in [3.8, 4) is 5.75 Å². The van der Waals surface area contributed by atoms with Crippen molar-refractivity contribution in [2.75, 3.05) is 7.11 Å². The smallest absolute Gasteiger partial charge is 0.223 e. The molecule has 2 rings (SSSR count). The van der Waals surface area contributed by atoms with Gasteiger partial charge in [-0.15, -0.1) is 0 Å². The second kappa shape index (κ2) is 7.11. The molecule has 2 aromatic rings. The molecule has 118 valence electrons. The van der Waals surface area contributed by atoms with Gasteiger partial charge in [0, 0.05) is 25.4 Å². The molecule has 1 amide bonds. The molecule has 5 nitrogen and oxygen atoms in total. The predicted octanol–water partition coefficient (Wildman–Crippen LogP) is 2.68. The topological polar surface area (TPSA) is 56.1 Å². The summed E-state index contributed by atoms with van der Waals surface area (Å²) >= 11 is 0. The molecular formula is C17H23N3O2. The van der Waals surface area contributed by atoms with Gasteiger partial charge in [0.25, 0.3) is 0 Å². The van der Waals surface area contributed by atoms with Crippen molar-refractivity contribution >= 4 is 5.91 Å². The van der Waals surface area contributed by atoms with E-state index in [0.29, 0.717) is 0 Å². The summed E-state index contributed by atoms with van der Waals surface area (Å²) < 4.78 is 7.20. The van der Waals surface area contributed by atoms with Gasteiger partial charge in [-0.2, -0.15) is 0 Å². The number of aromatic nitrogens is 2. The normalized spacial score (nSPS) is 13.5. The number of rotatable bonds is 6. The molecule has 2 atom stereocenters. The molecule has 1 aromatic heterocycles. The standard InChI is InChI=1S/C17H23N3O2/c1-5-12(2)17(21)19-15(16-18-9-10-20(16)3)13-7-6-8-14(11-13)22-4/h6-12,15H,5H2,1-4H3,(H,19,21). The molecule has 2 unspecified atom stereocenters. The first-order valence-corrected chi connectivity index (χ1v) is 7.48. The fourth-order valence-corrected chi connectivity index (χ4v) is 2.24. The van der Waals surface area contributed by atoms with Crippen LogP contribution >= 0.6 is 0 Å². The lowest BCUT2D eigenvalue weighted by Crippen LogP contribution is -2.34. The Morgan fingerprint density at radius 1 is 1.45 bits per heavy atom. The molecule has 0 bridgehead atoms. The Bertz CT molecular complexity index is 636. The minimum atomic E-state index is -0.295. The first-order chi connectivity index (χ1) is 10.6. The number of benzene rings is 1. The third-order valence-electron chi connectivity index (χ3n) is 3.89. The largest absolute Gasteiger partial charge is 0.497 e. The summed E-state index contributed by atoms with van der Waals surface area (Å²) in [7, 11) is 3.55. The number of nitrogens with one attached hydrogen (secondary N) is 1. The van der Waals surface area contributed by atoms with E-state index in [1.807, 2.05) is 55.9 Å². The lowest BCUT2D eigenvalue weighted by molar-refractivity contribution is -0.125. The van der Waals surface area contributed by atoms with Crippen molar-refractivity contribution in [1.82, 2.24) is 14.9 Å². The van der Waals surface area contributed by atoms with E-state index in [1.165, 1.54) is 0 Å². The fourth-order valence-electron chi connectivity index (χ4n) is 2.24. The molecule has 5 heteroatoms. The summed E-state index contributed by atoms with van der Waals surface area (Å²) in [5.74, 6) is 1.55. The molecular weight excluding hydrogens is 278 g/mol. The van der Waals surface area contributed by atoms with Crippen molar-refractivity contribution in [3.63, 3.8) is 0 Å². The molecule has 0 radical (unpaired) electrons. The summed E-state index contributed by atoms with van der Waals surface area (Å²) in [6.45, 7) is 3.93. The minimum absolute atomic E-state index is 0.0262. The van der Waals surface area contributed by atoms with E-state index >= 15 is 0 Å². The summed E-state index contributed by atoms with van der Waals surface area (Å²) in [5.41, 5.74) is 0.949. The first-order valence-electron chi connectivity index (χ1n) is 7.48. The molecule has 0 aliphatic carbocycles. The summed E-state index contributed by atoms with van der Waals surface area (Å²) in [5, 5.41) is 3.10. The highest BCUT2D eigenvalue weighted by Gasteiger charge is 2.23. The van der Waals surface area contributed by atoms with E-state index in [2.05, 4.69) is 10.3 Å². The van der Waals surface area contributed by atoms with E-state index < -0.39 is 0 Å². The number of imidazole rings is 1. The van der Waals surface area contributed by atoms with Gasteiger partial charge >= 0.3 is 0 Å². The van der Waals surface area contributed by atoms with Crippen LogP contribution in [0.2, 0.25) is 0 Å². The summed E-state index contributed by atoms with van der Waals surface area (Å²) in [4.78, 5) is 16.7. The van der Waals surface area contributed by atoms with Crippen molar-refractivity contribution in [2.24, 2.45) is 13.0 Å². The number of ether oxygens (including phenoxy) is 1. The highest BCUT2D eigenvalue weighted by atomic mass is 16.5. The van der Waals surface area contributed by atoms with Gasteiger partial charge in [0.15, 0.2) is 0 Å². The molecule has 0 saturated carbocycles. The van der Waals surface area contributed by atoms with Gasteiger partial charge in [-0.3, -0.25) is 4.79 Å². The summed E-state index contributed by atoms with van der Waals surface area (Å²) in [6.07, 6.45) is 4.41. The molecule has 1 aromatic carbocycles. The zero-order chi connectivity index (χ0) is 16.1. The number of methoxy groups -OCH3 is 1. The highest BCUT2D eigenvalue weighted by molar-refractivity contribution is 5.79. The fraction of sp³-hybridized carbons (Fsp3) is 0.412. The zero-order valence-electron chi connectivity index (χ0n) is 13.5. The van der Waals surface area contributed by atoms with Crippen LogP contribution in [0, 0.1) is 5.92 Å². The number of nitrogens with zero attached hydrogens (tertiary/aromatic N) is 2. The minimum Gasteiger partial charge on any atom is -0.497 e. The lowest BCUT2D eigenvalue weighted by Gasteiger charge is -2.21. The van der Waals surface area contributed by atoms with Gasteiger partial charge in [0.1, 0.15) is 17.6 Å². The van der Waals surface area contributed by atoms with E-state index in [-0.39, 0.29) is 17.9 Å². The Morgan fingerprint density at radius 2 is 2.23 bits per heavy atom. The Balaban J connectivity index is 2.37. The second-order valence-electron chi connectivity index (χ2n) is 5.42. The van der Waals surface area contributed by atoms with Crippen molar-refractivity contribution in [1.29, 1.82) is 0 Å². The highest BCUT2D eigenvalue weighted by Crippen LogP contribution is 2.24. The number of amides is 1. The van der Waals surface area contributed by atoms with Gasteiger partial charge in [-0.05, 0) is 24.1 Å². The lowest BCUT2D eigenvalue weighted by atomic mass is 10.0.